The third kappa shape index (κ3) is 3.72. The van der Waals surface area contributed by atoms with Crippen molar-refractivity contribution in [1.82, 2.24) is 0 Å². The third-order valence-corrected chi connectivity index (χ3v) is 9.08. The van der Waals surface area contributed by atoms with Gasteiger partial charge >= 0.3 is 0 Å². The molecule has 36 heavy (non-hydrogen) atoms. The second-order valence-corrected chi connectivity index (χ2v) is 11.8. The minimum Gasteiger partial charge on any atom is -0.310 e. The molecule has 0 heterocycles. The molecule has 0 aromatic heterocycles. The van der Waals surface area contributed by atoms with Gasteiger partial charge in [0.2, 0.25) is 0 Å². The number of rotatable bonds is 4. The van der Waals surface area contributed by atoms with Crippen LogP contribution in [0.15, 0.2) is 112 Å². The molecule has 0 spiro atoms. The predicted molar refractivity (Wildman–Crippen MR) is 159 cm³/mol. The molecule has 176 valence electrons. The van der Waals surface area contributed by atoms with Crippen molar-refractivity contribution >= 4 is 59.7 Å². The van der Waals surface area contributed by atoms with Crippen LogP contribution in [0.5, 0.6) is 0 Å². The highest BCUT2D eigenvalue weighted by atomic mass is 79.9. The molecule has 0 N–H and O–H groups in total. The van der Waals surface area contributed by atoms with E-state index in [0.29, 0.717) is 0 Å². The zero-order valence-corrected chi connectivity index (χ0v) is 23.0. The molecule has 2 aliphatic rings. The Kier molecular flexibility index (Phi) is 5.52. The van der Waals surface area contributed by atoms with Crippen LogP contribution in [0.1, 0.15) is 42.2 Å². The van der Waals surface area contributed by atoms with E-state index in [2.05, 4.69) is 140 Å². The molecule has 3 heteroatoms. The van der Waals surface area contributed by atoms with E-state index >= 15 is 0 Å². The topological polar surface area (TPSA) is 3.24 Å². The normalized spacial score (nSPS) is 17.9. The van der Waals surface area contributed by atoms with E-state index in [1.807, 2.05) is 0 Å². The Balaban J connectivity index is 1.41. The molecule has 2 aliphatic carbocycles. The Morgan fingerprint density at radius 1 is 0.583 bits per heavy atom. The Labute approximate surface area is 229 Å². The highest BCUT2D eigenvalue weighted by molar-refractivity contribution is 9.10. The van der Waals surface area contributed by atoms with Crippen LogP contribution in [0.3, 0.4) is 0 Å². The van der Waals surface area contributed by atoms with Crippen LogP contribution in [0.4, 0.5) is 17.1 Å². The summed E-state index contributed by atoms with van der Waals surface area (Å²) < 4.78 is 2.15. The summed E-state index contributed by atoms with van der Waals surface area (Å²) in [6.45, 7) is 0. The van der Waals surface area contributed by atoms with Gasteiger partial charge in [-0.25, -0.2) is 0 Å². The van der Waals surface area contributed by atoms with Gasteiger partial charge in [-0.1, -0.05) is 80.4 Å². The number of halogens is 2. The van der Waals surface area contributed by atoms with Crippen LogP contribution in [-0.2, 0) is 0 Å². The van der Waals surface area contributed by atoms with Crippen LogP contribution in [-0.4, -0.2) is 0 Å². The Bertz CT molecular complexity index is 1540. The first-order valence-corrected chi connectivity index (χ1v) is 14.2. The minimum absolute atomic E-state index is 0.765. The molecule has 1 nitrogen and oxygen atoms in total. The van der Waals surface area contributed by atoms with Crippen molar-refractivity contribution in [2.75, 3.05) is 4.90 Å². The van der Waals surface area contributed by atoms with Gasteiger partial charge in [0.1, 0.15) is 0 Å². The lowest BCUT2D eigenvalue weighted by Crippen LogP contribution is -2.10. The smallest absolute Gasteiger partial charge is 0.0540 e. The van der Waals surface area contributed by atoms with Gasteiger partial charge in [0.15, 0.2) is 0 Å². The molecule has 0 radical (unpaired) electrons. The minimum atomic E-state index is 0.765. The van der Waals surface area contributed by atoms with Crippen molar-refractivity contribution in [3.63, 3.8) is 0 Å². The van der Waals surface area contributed by atoms with Gasteiger partial charge in [0, 0.05) is 25.7 Å². The van der Waals surface area contributed by atoms with Crippen molar-refractivity contribution in [3.8, 4) is 11.1 Å². The Morgan fingerprint density at radius 2 is 1.19 bits per heavy atom. The molecule has 0 saturated heterocycles. The van der Waals surface area contributed by atoms with Gasteiger partial charge in [0.05, 0.1) is 5.69 Å². The van der Waals surface area contributed by atoms with E-state index in [9.17, 15) is 0 Å². The van der Waals surface area contributed by atoms with Crippen LogP contribution in [0.25, 0.3) is 21.9 Å². The van der Waals surface area contributed by atoms with Crippen LogP contribution in [0.2, 0.25) is 0 Å². The highest BCUT2D eigenvalue weighted by Crippen LogP contribution is 2.54. The van der Waals surface area contributed by atoms with Gasteiger partial charge in [-0.05, 0) is 113 Å². The van der Waals surface area contributed by atoms with Crippen molar-refractivity contribution in [2.24, 2.45) is 0 Å². The maximum Gasteiger partial charge on any atom is 0.0540 e. The zero-order valence-electron chi connectivity index (χ0n) is 19.8. The second-order valence-electron chi connectivity index (χ2n) is 10.0. The lowest BCUT2D eigenvalue weighted by molar-refractivity contribution is 0.718. The van der Waals surface area contributed by atoms with Crippen LogP contribution >= 0.6 is 31.9 Å². The number of anilines is 3. The van der Waals surface area contributed by atoms with E-state index in [1.165, 1.54) is 46.8 Å². The lowest BCUT2D eigenvalue weighted by atomic mass is 9.88. The average Bonchev–Trinajstić information content (AvgIpc) is 3.54. The Hall–Kier alpha value is -2.88. The predicted octanol–water partition coefficient (Wildman–Crippen LogP) is 10.9. The number of fused-ring (bicyclic) bond motifs is 6. The average molecular weight is 595 g/mol. The van der Waals surface area contributed by atoms with Crippen LogP contribution in [0, 0.1) is 0 Å². The maximum absolute atomic E-state index is 3.60. The fraction of sp³-hybridized carbons (Fsp3) is 0.152. The third-order valence-electron chi connectivity index (χ3n) is 8.02. The molecule has 0 amide bonds. The number of hydrogen-bond acceptors (Lipinski definition) is 1. The largest absolute Gasteiger partial charge is 0.310 e. The first-order chi connectivity index (χ1) is 17.7. The zero-order chi connectivity index (χ0) is 24.2. The SMILES string of the molecule is Brc1ccc(N(c2ccc(Br)cc2)c2ccc(-c3ccc4c(c3)C3CCC4C3)c3ccccc23)cc1. The van der Waals surface area contributed by atoms with Gasteiger partial charge in [0.25, 0.3) is 0 Å². The molecular formula is C33H25Br2N. The molecule has 5 aromatic rings. The summed E-state index contributed by atoms with van der Waals surface area (Å²) in [6, 6.07) is 37.8. The van der Waals surface area contributed by atoms with Crippen LogP contribution < -0.4 is 4.90 Å². The van der Waals surface area contributed by atoms with E-state index < -0.39 is 0 Å². The summed E-state index contributed by atoms with van der Waals surface area (Å²) in [4.78, 5) is 2.35. The van der Waals surface area contributed by atoms with Gasteiger partial charge < -0.3 is 4.90 Å². The molecule has 0 aliphatic heterocycles. The molecule has 2 atom stereocenters. The fourth-order valence-corrected chi connectivity index (χ4v) is 6.88. The van der Waals surface area contributed by atoms with Crippen molar-refractivity contribution < 1.29 is 0 Å². The van der Waals surface area contributed by atoms with Gasteiger partial charge in [-0.15, -0.1) is 0 Å². The van der Waals surface area contributed by atoms with E-state index in [-0.39, 0.29) is 0 Å². The molecule has 7 rings (SSSR count). The standard InChI is InChI=1S/C33H25Br2N/c34-24-8-12-26(13-9-24)36(27-14-10-25(35)11-15-27)33-18-17-28(30-3-1-2-4-31(30)33)23-7-16-29-21-5-6-22(19-21)32(29)20-23/h1-4,7-18,20-22H,5-6,19H2. The van der Waals surface area contributed by atoms with E-state index in [4.69, 9.17) is 0 Å². The first kappa shape index (κ1) is 22.3. The summed E-state index contributed by atoms with van der Waals surface area (Å²) in [6.07, 6.45) is 4.08. The molecule has 2 unspecified atom stereocenters. The van der Waals surface area contributed by atoms with Crippen molar-refractivity contribution in [3.05, 3.63) is 123 Å². The number of hydrogen-bond donors (Lipinski definition) is 0. The molecule has 2 bridgehead atoms. The molecule has 1 saturated carbocycles. The van der Waals surface area contributed by atoms with Gasteiger partial charge in [-0.2, -0.15) is 0 Å². The van der Waals surface area contributed by atoms with Crippen molar-refractivity contribution in [1.29, 1.82) is 0 Å². The maximum atomic E-state index is 3.60. The first-order valence-electron chi connectivity index (χ1n) is 12.6. The van der Waals surface area contributed by atoms with E-state index in [0.717, 1.165) is 32.2 Å². The highest BCUT2D eigenvalue weighted by Gasteiger charge is 2.36. The molecule has 5 aromatic carbocycles. The fourth-order valence-electron chi connectivity index (χ4n) is 6.35. The number of nitrogens with zero attached hydrogens (tertiary/aromatic N) is 1. The second kappa shape index (κ2) is 8.90. The summed E-state index contributed by atoms with van der Waals surface area (Å²) in [5.41, 5.74) is 9.29. The quantitative estimate of drug-likeness (QED) is 0.200. The Morgan fingerprint density at radius 3 is 1.86 bits per heavy atom. The van der Waals surface area contributed by atoms with E-state index in [1.54, 1.807) is 11.1 Å². The summed E-state index contributed by atoms with van der Waals surface area (Å²) in [5.74, 6) is 1.56. The summed E-state index contributed by atoms with van der Waals surface area (Å²) >= 11 is 7.20. The summed E-state index contributed by atoms with van der Waals surface area (Å²) in [7, 11) is 0. The monoisotopic (exact) mass is 593 g/mol. The molecular weight excluding hydrogens is 570 g/mol. The lowest BCUT2D eigenvalue weighted by Gasteiger charge is -2.27. The van der Waals surface area contributed by atoms with Crippen molar-refractivity contribution in [2.45, 2.75) is 31.1 Å². The van der Waals surface area contributed by atoms with Gasteiger partial charge in [-0.3, -0.25) is 0 Å². The summed E-state index contributed by atoms with van der Waals surface area (Å²) in [5, 5.41) is 2.54. The molecule has 1 fully saturated rings. The number of benzene rings is 5.